The largest absolute Gasteiger partial charge is 0.236 e. The Bertz CT molecular complexity index is 508. The first-order valence-corrected chi connectivity index (χ1v) is 6.08. The molecule has 0 fully saturated rings. The Balaban J connectivity index is 2.47. The van der Waals surface area contributed by atoms with Gasteiger partial charge in [0, 0.05) is 10.7 Å². The fourth-order valence-electron chi connectivity index (χ4n) is 1.40. The third-order valence-electron chi connectivity index (χ3n) is 2.08. The summed E-state index contributed by atoms with van der Waals surface area (Å²) in [5, 5.41) is 2.51. The lowest BCUT2D eigenvalue weighted by Gasteiger charge is -1.99. The number of rotatable bonds is 2. The zero-order valence-corrected chi connectivity index (χ0v) is 10.3. The minimum absolute atomic E-state index is 0.534. The molecule has 15 heavy (non-hydrogen) atoms. The lowest BCUT2D eigenvalue weighted by Crippen LogP contribution is -1.80. The Labute approximate surface area is 102 Å². The van der Waals surface area contributed by atoms with Crippen LogP contribution in [0.1, 0.15) is 5.56 Å². The molecular weight excluding hydrogens is 273 g/mol. The van der Waals surface area contributed by atoms with Crippen LogP contribution in [0.5, 0.6) is 0 Å². The second-order valence-electron chi connectivity index (χ2n) is 3.14. The number of halogens is 2. The Morgan fingerprint density at radius 2 is 2.13 bits per heavy atom. The van der Waals surface area contributed by atoms with E-state index >= 15 is 0 Å². The van der Waals surface area contributed by atoms with E-state index in [1.54, 1.807) is 0 Å². The van der Waals surface area contributed by atoms with Crippen LogP contribution < -0.4 is 0 Å². The van der Waals surface area contributed by atoms with Crippen LogP contribution in [-0.2, 0) is 0 Å². The molecule has 1 nitrogen and oxygen atoms in total. The molecular formula is C12H9BrClN. The van der Waals surface area contributed by atoms with E-state index in [1.165, 1.54) is 5.56 Å². The third-order valence-corrected chi connectivity index (χ3v) is 2.66. The number of pyridine rings is 1. The van der Waals surface area contributed by atoms with Gasteiger partial charge in [-0.15, -0.1) is 0 Å². The molecule has 2 aromatic rings. The maximum absolute atomic E-state index is 5.81. The van der Waals surface area contributed by atoms with Gasteiger partial charge in [0.15, 0.2) is 0 Å². The monoisotopic (exact) mass is 281 g/mol. The number of nitrogens with zero attached hydrogens (tertiary/aromatic N) is 1. The number of fused-ring (bicyclic) bond motifs is 1. The molecule has 0 saturated heterocycles. The molecule has 3 heteroatoms. The highest BCUT2D eigenvalue weighted by Gasteiger charge is 1.96. The van der Waals surface area contributed by atoms with Crippen LogP contribution in [0.25, 0.3) is 17.0 Å². The van der Waals surface area contributed by atoms with E-state index in [2.05, 4.69) is 39.1 Å². The van der Waals surface area contributed by atoms with Gasteiger partial charge in [-0.1, -0.05) is 45.7 Å². The molecule has 0 N–H and O–H groups in total. The average Bonchev–Trinajstić information content (AvgIpc) is 2.26. The van der Waals surface area contributed by atoms with Crippen molar-refractivity contribution >= 4 is 44.5 Å². The van der Waals surface area contributed by atoms with E-state index in [-0.39, 0.29) is 0 Å². The van der Waals surface area contributed by atoms with Crippen LogP contribution in [0.4, 0.5) is 0 Å². The first-order chi connectivity index (χ1) is 7.29. The van der Waals surface area contributed by atoms with Gasteiger partial charge in [-0.2, -0.15) is 0 Å². The average molecular weight is 283 g/mol. The maximum atomic E-state index is 5.81. The topological polar surface area (TPSA) is 12.9 Å². The van der Waals surface area contributed by atoms with Crippen LogP contribution in [0.15, 0.2) is 36.4 Å². The minimum atomic E-state index is 0.534. The van der Waals surface area contributed by atoms with Gasteiger partial charge in [0.1, 0.15) is 5.15 Å². The van der Waals surface area contributed by atoms with Crippen molar-refractivity contribution in [2.24, 2.45) is 0 Å². The number of hydrogen-bond donors (Lipinski definition) is 0. The molecule has 1 aromatic carbocycles. The molecule has 0 atom stereocenters. The van der Waals surface area contributed by atoms with Crippen molar-refractivity contribution in [3.8, 4) is 0 Å². The minimum Gasteiger partial charge on any atom is -0.236 e. The number of hydrogen-bond acceptors (Lipinski definition) is 1. The molecule has 0 unspecified atom stereocenters. The lowest BCUT2D eigenvalue weighted by atomic mass is 10.1. The molecule has 0 saturated carbocycles. The van der Waals surface area contributed by atoms with Crippen molar-refractivity contribution in [3.63, 3.8) is 0 Å². The number of benzene rings is 1. The summed E-state index contributed by atoms with van der Waals surface area (Å²) in [6.07, 6.45) is 4.13. The highest BCUT2D eigenvalue weighted by molar-refractivity contribution is 9.09. The van der Waals surface area contributed by atoms with Crippen molar-refractivity contribution in [3.05, 3.63) is 47.1 Å². The van der Waals surface area contributed by atoms with Crippen LogP contribution >= 0.6 is 27.5 Å². The molecule has 1 aromatic heterocycles. The first kappa shape index (κ1) is 10.7. The number of allylic oxidation sites excluding steroid dienone is 1. The van der Waals surface area contributed by atoms with Crippen LogP contribution in [-0.4, -0.2) is 10.3 Å². The molecule has 0 bridgehead atoms. The van der Waals surface area contributed by atoms with Crippen LogP contribution in [0, 0.1) is 0 Å². The summed E-state index contributed by atoms with van der Waals surface area (Å²) in [5.41, 5.74) is 2.10. The van der Waals surface area contributed by atoms with Gasteiger partial charge < -0.3 is 0 Å². The van der Waals surface area contributed by atoms with E-state index in [0.717, 1.165) is 16.2 Å². The predicted octanol–water partition coefficient (Wildman–Crippen LogP) is 4.30. The van der Waals surface area contributed by atoms with E-state index in [1.807, 2.05) is 24.3 Å². The van der Waals surface area contributed by atoms with E-state index in [0.29, 0.717) is 5.15 Å². The summed E-state index contributed by atoms with van der Waals surface area (Å²) >= 11 is 9.16. The van der Waals surface area contributed by atoms with E-state index in [4.69, 9.17) is 11.6 Å². The van der Waals surface area contributed by atoms with Gasteiger partial charge in [-0.25, -0.2) is 4.98 Å². The normalized spacial score (nSPS) is 11.3. The Morgan fingerprint density at radius 1 is 1.27 bits per heavy atom. The fraction of sp³-hybridized carbons (Fsp3) is 0.0833. The van der Waals surface area contributed by atoms with Crippen LogP contribution in [0.2, 0.25) is 5.15 Å². The molecule has 0 aliphatic carbocycles. The second kappa shape index (κ2) is 4.77. The lowest BCUT2D eigenvalue weighted by molar-refractivity contribution is 1.41. The molecule has 2 rings (SSSR count). The highest BCUT2D eigenvalue weighted by atomic mass is 79.9. The Kier molecular flexibility index (Phi) is 3.39. The summed E-state index contributed by atoms with van der Waals surface area (Å²) in [6.45, 7) is 0. The van der Waals surface area contributed by atoms with Gasteiger partial charge in [-0.05, 0) is 29.8 Å². The SMILES string of the molecule is Clc1ccc2cc(C=CCBr)ccc2n1. The highest BCUT2D eigenvalue weighted by Crippen LogP contribution is 2.17. The zero-order chi connectivity index (χ0) is 10.7. The molecule has 0 amide bonds. The molecule has 0 aliphatic rings. The van der Waals surface area contributed by atoms with Crippen molar-refractivity contribution in [2.75, 3.05) is 5.33 Å². The Hall–Kier alpha value is -0.860. The molecule has 0 spiro atoms. The van der Waals surface area contributed by atoms with E-state index < -0.39 is 0 Å². The number of alkyl halides is 1. The fourth-order valence-corrected chi connectivity index (χ4v) is 1.74. The summed E-state index contributed by atoms with van der Waals surface area (Å²) < 4.78 is 0. The van der Waals surface area contributed by atoms with Crippen LogP contribution in [0.3, 0.4) is 0 Å². The van der Waals surface area contributed by atoms with Crippen molar-refractivity contribution in [1.82, 2.24) is 4.98 Å². The Morgan fingerprint density at radius 3 is 2.93 bits per heavy atom. The maximum Gasteiger partial charge on any atom is 0.129 e. The predicted molar refractivity (Wildman–Crippen MR) is 69.6 cm³/mol. The van der Waals surface area contributed by atoms with Gasteiger partial charge in [0.2, 0.25) is 0 Å². The summed E-state index contributed by atoms with van der Waals surface area (Å²) in [6, 6.07) is 9.90. The van der Waals surface area contributed by atoms with Crippen molar-refractivity contribution in [2.45, 2.75) is 0 Å². The van der Waals surface area contributed by atoms with Gasteiger partial charge in [0.25, 0.3) is 0 Å². The summed E-state index contributed by atoms with van der Waals surface area (Å²) in [7, 11) is 0. The summed E-state index contributed by atoms with van der Waals surface area (Å²) in [5.74, 6) is 0. The summed E-state index contributed by atoms with van der Waals surface area (Å²) in [4.78, 5) is 4.23. The van der Waals surface area contributed by atoms with Crippen molar-refractivity contribution in [1.29, 1.82) is 0 Å². The standard InChI is InChI=1S/C12H9BrClN/c13-7-1-2-9-3-5-11-10(8-9)4-6-12(14)15-11/h1-6,8H,7H2. The third kappa shape index (κ3) is 2.58. The first-order valence-electron chi connectivity index (χ1n) is 4.58. The smallest absolute Gasteiger partial charge is 0.129 e. The molecule has 76 valence electrons. The quantitative estimate of drug-likeness (QED) is 0.591. The van der Waals surface area contributed by atoms with Gasteiger partial charge in [-0.3, -0.25) is 0 Å². The second-order valence-corrected chi connectivity index (χ2v) is 4.18. The van der Waals surface area contributed by atoms with Crippen molar-refractivity contribution < 1.29 is 0 Å². The van der Waals surface area contributed by atoms with E-state index in [9.17, 15) is 0 Å². The molecule has 0 aliphatic heterocycles. The molecule has 0 radical (unpaired) electrons. The van der Waals surface area contributed by atoms with Gasteiger partial charge >= 0.3 is 0 Å². The number of aromatic nitrogens is 1. The zero-order valence-electron chi connectivity index (χ0n) is 7.95. The van der Waals surface area contributed by atoms with Gasteiger partial charge in [0.05, 0.1) is 5.52 Å². The molecule has 1 heterocycles.